The number of carbonyl (C=O) groups excluding carboxylic acids is 1. The van der Waals surface area contributed by atoms with Gasteiger partial charge in [-0.15, -0.1) is 0 Å². The van der Waals surface area contributed by atoms with Crippen molar-refractivity contribution < 1.29 is 9.53 Å². The highest BCUT2D eigenvalue weighted by Crippen LogP contribution is 2.20. The van der Waals surface area contributed by atoms with Gasteiger partial charge in [0.25, 0.3) is 0 Å². The Bertz CT molecular complexity index is 846. The van der Waals surface area contributed by atoms with E-state index in [9.17, 15) is 4.79 Å². The van der Waals surface area contributed by atoms with Crippen LogP contribution in [-0.2, 0) is 13.0 Å². The van der Waals surface area contributed by atoms with Crippen LogP contribution >= 0.6 is 0 Å². The van der Waals surface area contributed by atoms with Crippen LogP contribution in [0, 0.1) is 0 Å². The fourth-order valence-electron chi connectivity index (χ4n) is 2.41. The molecule has 4 nitrogen and oxygen atoms in total. The Labute approximate surface area is 141 Å². The van der Waals surface area contributed by atoms with E-state index < -0.39 is 0 Å². The van der Waals surface area contributed by atoms with Crippen LogP contribution < -0.4 is 4.74 Å². The van der Waals surface area contributed by atoms with E-state index in [1.807, 2.05) is 18.2 Å². The van der Waals surface area contributed by atoms with Gasteiger partial charge in [0, 0.05) is 17.3 Å². The first-order valence-electron chi connectivity index (χ1n) is 7.87. The second kappa shape index (κ2) is 7.51. The molecule has 0 saturated heterocycles. The van der Waals surface area contributed by atoms with Gasteiger partial charge in [0.2, 0.25) is 0 Å². The third kappa shape index (κ3) is 3.84. The molecule has 0 aliphatic carbocycles. The Morgan fingerprint density at radius 3 is 2.79 bits per heavy atom. The van der Waals surface area contributed by atoms with Crippen molar-refractivity contribution in [2.24, 2.45) is 0 Å². The van der Waals surface area contributed by atoms with Gasteiger partial charge >= 0.3 is 0 Å². The van der Waals surface area contributed by atoms with Crippen molar-refractivity contribution in [3.05, 3.63) is 77.7 Å². The Morgan fingerprint density at radius 2 is 1.96 bits per heavy atom. The van der Waals surface area contributed by atoms with Crippen molar-refractivity contribution in [2.45, 2.75) is 20.0 Å². The Kier molecular flexibility index (Phi) is 4.96. The van der Waals surface area contributed by atoms with Crippen LogP contribution in [0.15, 0.2) is 60.9 Å². The molecule has 3 aromatic rings. The number of aldehydes is 1. The van der Waals surface area contributed by atoms with Crippen molar-refractivity contribution in [1.82, 2.24) is 9.97 Å². The summed E-state index contributed by atoms with van der Waals surface area (Å²) in [4.78, 5) is 19.4. The molecule has 0 unspecified atom stereocenters. The largest absolute Gasteiger partial charge is 0.486 e. The van der Waals surface area contributed by atoms with E-state index in [1.165, 1.54) is 11.8 Å². The van der Waals surface area contributed by atoms with Crippen LogP contribution in [0.2, 0.25) is 0 Å². The predicted molar refractivity (Wildman–Crippen MR) is 93.0 cm³/mol. The molecule has 2 aromatic heterocycles. The maximum absolute atomic E-state index is 10.8. The molecule has 0 aliphatic heterocycles. The number of aromatic nitrogens is 2. The second-order valence-electron chi connectivity index (χ2n) is 5.43. The second-order valence-corrected chi connectivity index (χ2v) is 5.43. The molecule has 0 spiro atoms. The SMILES string of the molecule is CCc1cccc(-c2cccc(COc3cncc(C=O)c3)n2)c1. The lowest BCUT2D eigenvalue weighted by atomic mass is 10.1. The first-order chi connectivity index (χ1) is 11.8. The number of nitrogens with zero attached hydrogens (tertiary/aromatic N) is 2. The zero-order valence-electron chi connectivity index (χ0n) is 13.5. The van der Waals surface area contributed by atoms with Crippen LogP contribution in [0.5, 0.6) is 5.75 Å². The standard InChI is InChI=1S/C20H18N2O2/c1-2-15-5-3-6-17(9-15)20-8-4-7-18(22-20)14-24-19-10-16(13-23)11-21-12-19/h3-13H,2,14H2,1H3. The molecule has 1 aromatic carbocycles. The summed E-state index contributed by atoms with van der Waals surface area (Å²) in [6.45, 7) is 2.46. The number of carbonyl (C=O) groups is 1. The molecule has 2 heterocycles. The fourth-order valence-corrected chi connectivity index (χ4v) is 2.41. The topological polar surface area (TPSA) is 52.1 Å². The Hall–Kier alpha value is -3.01. The maximum atomic E-state index is 10.8. The van der Waals surface area contributed by atoms with Gasteiger partial charge < -0.3 is 4.74 Å². The average Bonchev–Trinajstić information content (AvgIpc) is 2.67. The number of rotatable bonds is 6. The Morgan fingerprint density at radius 1 is 1.08 bits per heavy atom. The molecule has 0 N–H and O–H groups in total. The lowest BCUT2D eigenvalue weighted by molar-refractivity contribution is 0.112. The van der Waals surface area contributed by atoms with Crippen LogP contribution in [0.3, 0.4) is 0 Å². The van der Waals surface area contributed by atoms with Crippen LogP contribution in [0.25, 0.3) is 11.3 Å². The van der Waals surface area contributed by atoms with E-state index >= 15 is 0 Å². The van der Waals surface area contributed by atoms with Gasteiger partial charge in [-0.3, -0.25) is 9.78 Å². The predicted octanol–water partition coefficient (Wildman–Crippen LogP) is 4.10. The highest BCUT2D eigenvalue weighted by Gasteiger charge is 2.04. The summed E-state index contributed by atoms with van der Waals surface area (Å²) in [5.74, 6) is 0.555. The summed E-state index contributed by atoms with van der Waals surface area (Å²) in [5, 5.41) is 0. The Balaban J connectivity index is 1.76. The van der Waals surface area contributed by atoms with Gasteiger partial charge in [0.05, 0.1) is 17.6 Å². The van der Waals surface area contributed by atoms with Crippen molar-refractivity contribution in [1.29, 1.82) is 0 Å². The zero-order valence-corrected chi connectivity index (χ0v) is 13.5. The van der Waals surface area contributed by atoms with Gasteiger partial charge in [-0.1, -0.05) is 31.2 Å². The molecule has 24 heavy (non-hydrogen) atoms. The van der Waals surface area contributed by atoms with E-state index in [1.54, 1.807) is 12.3 Å². The molecule has 4 heteroatoms. The normalized spacial score (nSPS) is 10.4. The highest BCUT2D eigenvalue weighted by atomic mass is 16.5. The van der Waals surface area contributed by atoms with Gasteiger partial charge in [-0.2, -0.15) is 0 Å². The van der Waals surface area contributed by atoms with Gasteiger partial charge in [0.15, 0.2) is 6.29 Å². The molecule has 120 valence electrons. The molecule has 0 amide bonds. The number of ether oxygens (including phenoxy) is 1. The fraction of sp³-hybridized carbons (Fsp3) is 0.150. The van der Waals surface area contributed by atoms with E-state index in [4.69, 9.17) is 4.74 Å². The molecule has 0 saturated carbocycles. The summed E-state index contributed by atoms with van der Waals surface area (Å²) in [6.07, 6.45) is 4.83. The van der Waals surface area contributed by atoms with E-state index in [0.29, 0.717) is 17.9 Å². The maximum Gasteiger partial charge on any atom is 0.151 e. The van der Waals surface area contributed by atoms with E-state index in [2.05, 4.69) is 41.2 Å². The smallest absolute Gasteiger partial charge is 0.151 e. The number of hydrogen-bond donors (Lipinski definition) is 0. The first-order valence-corrected chi connectivity index (χ1v) is 7.87. The molecular weight excluding hydrogens is 300 g/mol. The summed E-state index contributed by atoms with van der Waals surface area (Å²) >= 11 is 0. The van der Waals surface area contributed by atoms with Crippen molar-refractivity contribution in [3.63, 3.8) is 0 Å². The average molecular weight is 318 g/mol. The summed E-state index contributed by atoms with van der Waals surface area (Å²) in [7, 11) is 0. The minimum atomic E-state index is 0.325. The van der Waals surface area contributed by atoms with Crippen LogP contribution in [0.4, 0.5) is 0 Å². The number of hydrogen-bond acceptors (Lipinski definition) is 4. The minimum absolute atomic E-state index is 0.325. The first kappa shape index (κ1) is 15.9. The van der Waals surface area contributed by atoms with Crippen molar-refractivity contribution in [2.75, 3.05) is 0 Å². The molecule has 0 atom stereocenters. The lowest BCUT2D eigenvalue weighted by Crippen LogP contribution is -2.00. The van der Waals surface area contributed by atoms with Crippen molar-refractivity contribution in [3.8, 4) is 17.0 Å². The molecule has 0 radical (unpaired) electrons. The molecule has 0 bridgehead atoms. The third-order valence-electron chi connectivity index (χ3n) is 3.69. The quantitative estimate of drug-likeness (QED) is 0.642. The van der Waals surface area contributed by atoms with Crippen LogP contribution in [0.1, 0.15) is 28.5 Å². The lowest BCUT2D eigenvalue weighted by Gasteiger charge is -2.08. The van der Waals surface area contributed by atoms with Crippen LogP contribution in [-0.4, -0.2) is 16.3 Å². The molecule has 3 rings (SSSR count). The summed E-state index contributed by atoms with van der Waals surface area (Å²) < 4.78 is 5.69. The summed E-state index contributed by atoms with van der Waals surface area (Å²) in [6, 6.07) is 15.9. The zero-order chi connectivity index (χ0) is 16.8. The number of aryl methyl sites for hydroxylation is 1. The number of pyridine rings is 2. The van der Waals surface area contributed by atoms with E-state index in [-0.39, 0.29) is 0 Å². The van der Waals surface area contributed by atoms with E-state index in [0.717, 1.165) is 29.7 Å². The van der Waals surface area contributed by atoms with Gasteiger partial charge in [-0.05, 0) is 36.2 Å². The minimum Gasteiger partial charge on any atom is -0.486 e. The third-order valence-corrected chi connectivity index (χ3v) is 3.69. The van der Waals surface area contributed by atoms with Crippen molar-refractivity contribution >= 4 is 6.29 Å². The summed E-state index contributed by atoms with van der Waals surface area (Å²) in [5.41, 5.74) is 4.62. The monoisotopic (exact) mass is 318 g/mol. The molecule has 0 aliphatic rings. The van der Waals surface area contributed by atoms with Gasteiger partial charge in [0.1, 0.15) is 12.4 Å². The number of benzene rings is 1. The molecule has 0 fully saturated rings. The van der Waals surface area contributed by atoms with Gasteiger partial charge in [-0.25, -0.2) is 4.98 Å². The highest BCUT2D eigenvalue weighted by molar-refractivity contribution is 5.74. The molecular formula is C20H18N2O2.